The van der Waals surface area contributed by atoms with Crippen LogP contribution in [0.2, 0.25) is 0 Å². The van der Waals surface area contributed by atoms with Crippen LogP contribution in [0.15, 0.2) is 63.6 Å². The minimum absolute atomic E-state index is 0.0666. The molecule has 0 aliphatic rings. The van der Waals surface area contributed by atoms with Crippen molar-refractivity contribution in [2.75, 3.05) is 6.26 Å². The van der Waals surface area contributed by atoms with Crippen molar-refractivity contribution >= 4 is 32.4 Å². The third-order valence-electron chi connectivity index (χ3n) is 2.91. The Bertz CT molecular complexity index is 1080. The van der Waals surface area contributed by atoms with Crippen molar-refractivity contribution < 1.29 is 30.8 Å². The molecule has 5 N–H and O–H groups in total. The normalized spacial score (nSPS) is 12.2. The average molecular weight is 444 g/mol. The number of hydroxylamine groups is 1. The molecule has 2 aromatic rings. The number of benzene rings is 2. The van der Waals surface area contributed by atoms with Crippen molar-refractivity contribution in [3.05, 3.63) is 59.7 Å². The van der Waals surface area contributed by atoms with Crippen LogP contribution in [0, 0.1) is 6.92 Å². The molecule has 2 rings (SSSR count). The standard InChI is InChI=1S/C9H12N4O4S.C7H8O3S/c1-18(15,16)17-8-4-2-3-7(5-8)6-11-12-9(10)13-14;1-6-2-4-7(5-3-6)11(8,9)10/h2-6,14H,1H3,(H3,10,12,13);2-5H,1H3,(H,8,9,10)/b11-6+;. The van der Waals surface area contributed by atoms with Crippen molar-refractivity contribution in [1.29, 1.82) is 0 Å². The highest BCUT2D eigenvalue weighted by Crippen LogP contribution is 2.13. The van der Waals surface area contributed by atoms with Gasteiger partial charge in [-0.3, -0.25) is 9.76 Å². The summed E-state index contributed by atoms with van der Waals surface area (Å²) in [4.78, 5) is -0.0666. The second-order valence-electron chi connectivity index (χ2n) is 5.49. The highest BCUT2D eigenvalue weighted by molar-refractivity contribution is 7.86. The van der Waals surface area contributed by atoms with Gasteiger partial charge in [0.15, 0.2) is 0 Å². The monoisotopic (exact) mass is 444 g/mol. The maximum absolute atomic E-state index is 10.9. The summed E-state index contributed by atoms with van der Waals surface area (Å²) in [6.07, 6.45) is 2.27. The van der Waals surface area contributed by atoms with Gasteiger partial charge in [-0.15, -0.1) is 5.10 Å². The van der Waals surface area contributed by atoms with E-state index in [0.29, 0.717) is 5.56 Å². The van der Waals surface area contributed by atoms with Crippen molar-refractivity contribution in [3.63, 3.8) is 0 Å². The Morgan fingerprint density at radius 1 is 1.14 bits per heavy atom. The lowest BCUT2D eigenvalue weighted by Gasteiger charge is -2.02. The number of hydrogen-bond donors (Lipinski definition) is 4. The molecular weight excluding hydrogens is 424 g/mol. The van der Waals surface area contributed by atoms with Gasteiger partial charge in [0.1, 0.15) is 5.75 Å². The zero-order valence-electron chi connectivity index (χ0n) is 15.4. The molecule has 0 amide bonds. The molecule has 0 unspecified atom stereocenters. The summed E-state index contributed by atoms with van der Waals surface area (Å²) in [6.45, 7) is 1.84. The van der Waals surface area contributed by atoms with Crippen LogP contribution < -0.4 is 15.4 Å². The van der Waals surface area contributed by atoms with E-state index in [1.165, 1.54) is 30.5 Å². The van der Waals surface area contributed by atoms with Crippen molar-refractivity contribution in [2.24, 2.45) is 15.9 Å². The van der Waals surface area contributed by atoms with Gasteiger partial charge in [-0.2, -0.15) is 21.9 Å². The maximum Gasteiger partial charge on any atom is 0.306 e. The number of nitrogens with one attached hydrogen (secondary N) is 1. The zero-order chi connectivity index (χ0) is 22.1. The number of nitrogens with two attached hydrogens (primary N) is 1. The lowest BCUT2D eigenvalue weighted by atomic mass is 10.2. The smallest absolute Gasteiger partial charge is 0.306 e. The summed E-state index contributed by atoms with van der Waals surface area (Å²) >= 11 is 0. The molecule has 13 heteroatoms. The summed E-state index contributed by atoms with van der Waals surface area (Å²) in [5, 5.41) is 15.3. The predicted octanol–water partition coefficient (Wildman–Crippen LogP) is 0.894. The maximum atomic E-state index is 10.9. The number of nitrogens with zero attached hydrogens (tertiary/aromatic N) is 2. The van der Waals surface area contributed by atoms with E-state index in [1.54, 1.807) is 29.7 Å². The Labute approximate surface area is 168 Å². The Balaban J connectivity index is 0.000000326. The molecule has 0 saturated carbocycles. The van der Waals surface area contributed by atoms with E-state index in [4.69, 9.17) is 15.5 Å². The van der Waals surface area contributed by atoms with Crippen molar-refractivity contribution in [1.82, 2.24) is 5.48 Å². The topological polar surface area (TPSA) is 181 Å². The van der Waals surface area contributed by atoms with Gasteiger partial charge >= 0.3 is 10.1 Å². The molecule has 0 bridgehead atoms. The van der Waals surface area contributed by atoms with Crippen LogP contribution in [0.3, 0.4) is 0 Å². The Kier molecular flexibility index (Phi) is 8.72. The van der Waals surface area contributed by atoms with E-state index in [0.717, 1.165) is 11.8 Å². The summed E-state index contributed by atoms with van der Waals surface area (Å²) in [6, 6.07) is 12.2. The van der Waals surface area contributed by atoms with Crippen molar-refractivity contribution in [2.45, 2.75) is 11.8 Å². The minimum atomic E-state index is -4.02. The van der Waals surface area contributed by atoms with Crippen LogP contribution >= 0.6 is 0 Å². The molecule has 0 atom stereocenters. The molecule has 0 aliphatic heterocycles. The fourth-order valence-corrected chi connectivity index (χ4v) is 2.65. The molecule has 0 spiro atoms. The van der Waals surface area contributed by atoms with E-state index < -0.39 is 20.2 Å². The van der Waals surface area contributed by atoms with Gasteiger partial charge < -0.3 is 9.92 Å². The molecule has 0 saturated heterocycles. The number of rotatable bonds is 5. The predicted molar refractivity (Wildman–Crippen MR) is 107 cm³/mol. The van der Waals surface area contributed by atoms with Gasteiger partial charge in [0.2, 0.25) is 5.96 Å². The third kappa shape index (κ3) is 10.2. The van der Waals surface area contributed by atoms with E-state index in [-0.39, 0.29) is 16.6 Å². The molecule has 2 aromatic carbocycles. The number of aryl methyl sites for hydroxylation is 1. The van der Waals surface area contributed by atoms with Crippen LogP contribution in [-0.2, 0) is 20.2 Å². The summed E-state index contributed by atoms with van der Waals surface area (Å²) in [5.74, 6) is -0.103. The molecule has 0 heterocycles. The first-order valence-electron chi connectivity index (χ1n) is 7.71. The van der Waals surface area contributed by atoms with E-state index in [1.807, 2.05) is 6.92 Å². The Morgan fingerprint density at radius 3 is 2.28 bits per heavy atom. The summed E-state index contributed by atoms with van der Waals surface area (Å²) in [7, 11) is -7.59. The molecule has 0 aliphatic carbocycles. The average Bonchev–Trinajstić information content (AvgIpc) is 2.60. The highest BCUT2D eigenvalue weighted by Gasteiger charge is 2.07. The van der Waals surface area contributed by atoms with Crippen molar-refractivity contribution in [3.8, 4) is 5.75 Å². The number of hydrogen-bond acceptors (Lipinski definition) is 8. The largest absolute Gasteiger partial charge is 0.383 e. The molecular formula is C16H20N4O7S2. The van der Waals surface area contributed by atoms with Gasteiger partial charge in [-0.05, 0) is 36.8 Å². The fraction of sp³-hybridized carbons (Fsp3) is 0.125. The molecule has 0 aromatic heterocycles. The van der Waals surface area contributed by atoms with Crippen LogP contribution in [0.4, 0.5) is 0 Å². The zero-order valence-corrected chi connectivity index (χ0v) is 17.1. The lowest BCUT2D eigenvalue weighted by Crippen LogP contribution is -2.27. The molecule has 29 heavy (non-hydrogen) atoms. The molecule has 0 radical (unpaired) electrons. The Morgan fingerprint density at radius 2 is 1.76 bits per heavy atom. The van der Waals surface area contributed by atoms with Gasteiger partial charge in [0.05, 0.1) is 17.4 Å². The lowest BCUT2D eigenvalue weighted by molar-refractivity contribution is 0.232. The second-order valence-corrected chi connectivity index (χ2v) is 8.49. The van der Waals surface area contributed by atoms with Gasteiger partial charge in [-0.1, -0.05) is 29.8 Å². The van der Waals surface area contributed by atoms with Crippen LogP contribution in [-0.4, -0.2) is 45.0 Å². The molecule has 0 fully saturated rings. The van der Waals surface area contributed by atoms with Gasteiger partial charge in [0.25, 0.3) is 10.1 Å². The van der Waals surface area contributed by atoms with Crippen LogP contribution in [0.25, 0.3) is 0 Å². The minimum Gasteiger partial charge on any atom is -0.383 e. The second kappa shape index (κ2) is 10.5. The quantitative estimate of drug-likeness (QED) is 0.171. The summed E-state index contributed by atoms with van der Waals surface area (Å²) in [5.41, 5.74) is 8.24. The highest BCUT2D eigenvalue weighted by atomic mass is 32.2. The third-order valence-corrected chi connectivity index (χ3v) is 4.27. The van der Waals surface area contributed by atoms with E-state index in [9.17, 15) is 16.8 Å². The SMILES string of the molecule is CS(=O)(=O)Oc1cccc(/C=N/N=C(\N)NO)c1.Cc1ccc(S(=O)(=O)O)cc1. The first-order valence-corrected chi connectivity index (χ1v) is 11.0. The van der Waals surface area contributed by atoms with Crippen LogP contribution in [0.1, 0.15) is 11.1 Å². The molecule has 158 valence electrons. The number of guanidine groups is 1. The summed E-state index contributed by atoms with van der Waals surface area (Å²) < 4.78 is 56.1. The Hall–Kier alpha value is -3.00. The fourth-order valence-electron chi connectivity index (χ4n) is 1.71. The van der Waals surface area contributed by atoms with Gasteiger partial charge in [0, 0.05) is 0 Å². The van der Waals surface area contributed by atoms with E-state index in [2.05, 4.69) is 14.4 Å². The first-order chi connectivity index (χ1) is 13.4. The van der Waals surface area contributed by atoms with E-state index >= 15 is 0 Å². The van der Waals surface area contributed by atoms with Crippen LogP contribution in [0.5, 0.6) is 5.75 Å². The molecule has 11 nitrogen and oxygen atoms in total. The van der Waals surface area contributed by atoms with Gasteiger partial charge in [-0.25, -0.2) is 5.48 Å². The first kappa shape index (κ1) is 24.0.